The van der Waals surface area contributed by atoms with Gasteiger partial charge in [-0.3, -0.25) is 4.72 Å². The number of hydrogen-bond donors (Lipinski definition) is 2. The third-order valence-corrected chi connectivity index (χ3v) is 4.89. The summed E-state index contributed by atoms with van der Waals surface area (Å²) in [6.45, 7) is 2.00. The number of aromatic nitrogens is 2. The Kier molecular flexibility index (Phi) is 3.80. The van der Waals surface area contributed by atoms with E-state index in [1.54, 1.807) is 30.3 Å². The number of nitrogens with one attached hydrogen (secondary N) is 2. The first kappa shape index (κ1) is 14.9. The fourth-order valence-corrected chi connectivity index (χ4v) is 3.30. The van der Waals surface area contributed by atoms with Gasteiger partial charge in [0.15, 0.2) is 0 Å². The molecule has 7 heteroatoms. The molecule has 0 atom stereocenters. The Morgan fingerprint density at radius 1 is 1.18 bits per heavy atom. The number of H-pyrrole nitrogens is 1. The van der Waals surface area contributed by atoms with Crippen molar-refractivity contribution in [1.82, 2.24) is 9.97 Å². The summed E-state index contributed by atoms with van der Waals surface area (Å²) >= 11 is 5.78. The normalized spacial score (nSPS) is 11.7. The first-order valence-electron chi connectivity index (χ1n) is 6.75. The van der Waals surface area contributed by atoms with Crippen molar-refractivity contribution in [3.63, 3.8) is 0 Å². The lowest BCUT2D eigenvalue weighted by atomic mass is 10.3. The third-order valence-electron chi connectivity index (χ3n) is 3.24. The van der Waals surface area contributed by atoms with Crippen molar-refractivity contribution in [3.05, 3.63) is 53.3 Å². The van der Waals surface area contributed by atoms with Gasteiger partial charge >= 0.3 is 0 Å². The highest BCUT2D eigenvalue weighted by Gasteiger charge is 2.14. The molecule has 3 aromatic rings. The Hall–Kier alpha value is -2.05. The monoisotopic (exact) mass is 335 g/mol. The molecule has 0 amide bonds. The topological polar surface area (TPSA) is 74.8 Å². The summed E-state index contributed by atoms with van der Waals surface area (Å²) in [5.74, 6) is 0.868. The number of anilines is 1. The molecule has 1 aromatic heterocycles. The summed E-state index contributed by atoms with van der Waals surface area (Å²) in [4.78, 5) is 7.71. The van der Waals surface area contributed by atoms with Crippen LogP contribution in [-0.4, -0.2) is 18.4 Å². The van der Waals surface area contributed by atoms with Crippen molar-refractivity contribution in [2.75, 3.05) is 4.72 Å². The molecule has 1 heterocycles. The molecule has 0 aliphatic carbocycles. The largest absolute Gasteiger partial charge is 0.342 e. The summed E-state index contributed by atoms with van der Waals surface area (Å²) < 4.78 is 27.2. The van der Waals surface area contributed by atoms with Gasteiger partial charge in [0.25, 0.3) is 10.0 Å². The van der Waals surface area contributed by atoms with Gasteiger partial charge < -0.3 is 4.98 Å². The van der Waals surface area contributed by atoms with Crippen molar-refractivity contribution in [1.29, 1.82) is 0 Å². The molecule has 0 saturated heterocycles. The first-order chi connectivity index (χ1) is 10.5. The molecule has 0 spiro atoms. The van der Waals surface area contributed by atoms with Crippen LogP contribution >= 0.6 is 11.6 Å². The minimum absolute atomic E-state index is 0.163. The average Bonchev–Trinajstić information content (AvgIpc) is 2.89. The Morgan fingerprint density at radius 2 is 1.91 bits per heavy atom. The van der Waals surface area contributed by atoms with Gasteiger partial charge in [-0.05, 0) is 42.5 Å². The van der Waals surface area contributed by atoms with Crippen LogP contribution in [0.4, 0.5) is 5.69 Å². The number of sulfonamides is 1. The molecule has 0 radical (unpaired) electrons. The second-order valence-electron chi connectivity index (χ2n) is 4.83. The molecule has 5 nitrogen and oxygen atoms in total. The maximum atomic E-state index is 12.3. The second kappa shape index (κ2) is 5.62. The zero-order valence-corrected chi connectivity index (χ0v) is 13.4. The number of halogens is 1. The number of hydrogen-bond acceptors (Lipinski definition) is 3. The van der Waals surface area contributed by atoms with Crippen molar-refractivity contribution in [3.8, 4) is 0 Å². The van der Waals surface area contributed by atoms with Crippen molar-refractivity contribution >= 4 is 38.3 Å². The van der Waals surface area contributed by atoms with E-state index in [4.69, 9.17) is 11.6 Å². The van der Waals surface area contributed by atoms with Crippen LogP contribution in [0, 0.1) is 0 Å². The highest BCUT2D eigenvalue weighted by Crippen LogP contribution is 2.21. The molecule has 22 heavy (non-hydrogen) atoms. The summed E-state index contributed by atoms with van der Waals surface area (Å²) in [5, 5.41) is 0.491. The molecule has 0 aliphatic rings. The fraction of sp³-hybridized carbons (Fsp3) is 0.133. The van der Waals surface area contributed by atoms with E-state index in [1.807, 2.05) is 6.92 Å². The smallest absolute Gasteiger partial charge is 0.261 e. The van der Waals surface area contributed by atoms with E-state index < -0.39 is 10.0 Å². The van der Waals surface area contributed by atoms with E-state index in [2.05, 4.69) is 14.7 Å². The number of rotatable bonds is 4. The number of nitrogens with zero attached hydrogens (tertiary/aromatic N) is 1. The summed E-state index contributed by atoms with van der Waals surface area (Å²) in [6, 6.07) is 11.2. The standard InChI is InChI=1S/C15H14ClN3O2S/c1-2-15-17-13-8-5-11(9-14(13)18-15)19-22(20,21)12-6-3-10(16)4-7-12/h3-9,19H,2H2,1H3,(H,17,18). The van der Waals surface area contributed by atoms with Gasteiger partial charge in [-0.15, -0.1) is 0 Å². The van der Waals surface area contributed by atoms with E-state index in [-0.39, 0.29) is 4.90 Å². The lowest BCUT2D eigenvalue weighted by Crippen LogP contribution is -2.12. The van der Waals surface area contributed by atoms with E-state index in [0.29, 0.717) is 10.7 Å². The van der Waals surface area contributed by atoms with E-state index in [1.165, 1.54) is 12.1 Å². The van der Waals surface area contributed by atoms with Crippen molar-refractivity contribution in [2.45, 2.75) is 18.2 Å². The molecule has 3 rings (SSSR count). The molecule has 0 fully saturated rings. The lowest BCUT2D eigenvalue weighted by molar-refractivity contribution is 0.601. The van der Waals surface area contributed by atoms with Gasteiger partial charge in [-0.2, -0.15) is 0 Å². The molecule has 2 aromatic carbocycles. The van der Waals surface area contributed by atoms with Crippen LogP contribution in [0.3, 0.4) is 0 Å². The van der Waals surface area contributed by atoms with Gasteiger partial charge in [0.1, 0.15) is 5.82 Å². The fourth-order valence-electron chi connectivity index (χ4n) is 2.12. The summed E-state index contributed by atoms with van der Waals surface area (Å²) in [6.07, 6.45) is 0.792. The molecule has 0 unspecified atom stereocenters. The third kappa shape index (κ3) is 2.93. The van der Waals surface area contributed by atoms with Gasteiger partial charge in [-0.25, -0.2) is 13.4 Å². The SMILES string of the molecule is CCc1nc2ccc(NS(=O)(=O)c3ccc(Cl)cc3)cc2[nH]1. The van der Waals surface area contributed by atoms with Crippen molar-refractivity contribution in [2.24, 2.45) is 0 Å². The van der Waals surface area contributed by atoms with E-state index in [9.17, 15) is 8.42 Å². The van der Waals surface area contributed by atoms with Gasteiger partial charge in [0.2, 0.25) is 0 Å². The molecule has 0 aliphatic heterocycles. The number of benzene rings is 2. The number of fused-ring (bicyclic) bond motifs is 1. The van der Waals surface area contributed by atoms with Crippen LogP contribution in [-0.2, 0) is 16.4 Å². The van der Waals surface area contributed by atoms with Gasteiger partial charge in [-0.1, -0.05) is 18.5 Å². The van der Waals surface area contributed by atoms with Gasteiger partial charge in [0.05, 0.1) is 21.6 Å². The first-order valence-corrected chi connectivity index (χ1v) is 8.61. The maximum absolute atomic E-state index is 12.3. The Labute approximate surface area is 133 Å². The van der Waals surface area contributed by atoms with Crippen molar-refractivity contribution < 1.29 is 8.42 Å². The van der Waals surface area contributed by atoms with E-state index >= 15 is 0 Å². The zero-order chi connectivity index (χ0) is 15.7. The number of aromatic amines is 1. The molecular formula is C15H14ClN3O2S. The summed E-state index contributed by atoms with van der Waals surface area (Å²) in [5.41, 5.74) is 2.09. The molecule has 0 saturated carbocycles. The average molecular weight is 336 g/mol. The van der Waals surface area contributed by atoms with Crippen LogP contribution in [0.15, 0.2) is 47.4 Å². The molecule has 114 valence electrons. The molecule has 0 bridgehead atoms. The van der Waals surface area contributed by atoms with Crippen LogP contribution in [0.1, 0.15) is 12.7 Å². The number of imidazole rings is 1. The zero-order valence-electron chi connectivity index (χ0n) is 11.8. The Morgan fingerprint density at radius 3 is 2.59 bits per heavy atom. The van der Waals surface area contributed by atoms with Gasteiger partial charge in [0, 0.05) is 11.4 Å². The molecule has 2 N–H and O–H groups in total. The molecular weight excluding hydrogens is 322 g/mol. The Balaban J connectivity index is 1.92. The minimum atomic E-state index is -3.64. The predicted molar refractivity (Wildman–Crippen MR) is 87.7 cm³/mol. The summed E-state index contributed by atoms with van der Waals surface area (Å²) in [7, 11) is -3.64. The van der Waals surface area contributed by atoms with E-state index in [0.717, 1.165) is 23.3 Å². The second-order valence-corrected chi connectivity index (χ2v) is 6.95. The minimum Gasteiger partial charge on any atom is -0.342 e. The van der Waals surface area contributed by atoms with Crippen LogP contribution in [0.2, 0.25) is 5.02 Å². The quantitative estimate of drug-likeness (QED) is 0.765. The lowest BCUT2D eigenvalue weighted by Gasteiger charge is -2.08. The highest BCUT2D eigenvalue weighted by atomic mass is 35.5. The van der Waals surface area contributed by atoms with Crippen LogP contribution in [0.5, 0.6) is 0 Å². The Bertz CT molecular complexity index is 918. The van der Waals surface area contributed by atoms with Crippen LogP contribution < -0.4 is 4.72 Å². The highest BCUT2D eigenvalue weighted by molar-refractivity contribution is 7.92. The maximum Gasteiger partial charge on any atom is 0.261 e. The predicted octanol–water partition coefficient (Wildman–Crippen LogP) is 3.58. The number of aryl methyl sites for hydroxylation is 1. The van der Waals surface area contributed by atoms with Crippen LogP contribution in [0.25, 0.3) is 11.0 Å².